The normalized spacial score (nSPS) is 19.5. The van der Waals surface area contributed by atoms with Gasteiger partial charge in [0, 0.05) is 5.56 Å². The van der Waals surface area contributed by atoms with Crippen LogP contribution in [0.5, 0.6) is 11.5 Å². The predicted molar refractivity (Wildman–Crippen MR) is 109 cm³/mol. The minimum Gasteiger partial charge on any atom is -0.504 e. The number of aromatic hydroxyl groups is 2. The van der Waals surface area contributed by atoms with Crippen molar-refractivity contribution in [1.29, 1.82) is 0 Å². The van der Waals surface area contributed by atoms with Crippen LogP contribution < -0.4 is 0 Å². The third-order valence-electron chi connectivity index (χ3n) is 7.00. The summed E-state index contributed by atoms with van der Waals surface area (Å²) in [6, 6.07) is 3.69. The summed E-state index contributed by atoms with van der Waals surface area (Å²) >= 11 is 0. The van der Waals surface area contributed by atoms with Crippen LogP contribution in [0, 0.1) is 10.8 Å². The van der Waals surface area contributed by atoms with Gasteiger partial charge in [-0.3, -0.25) is 0 Å². The van der Waals surface area contributed by atoms with E-state index in [1.54, 1.807) is 6.07 Å². The van der Waals surface area contributed by atoms with Crippen LogP contribution in [-0.4, -0.2) is 10.2 Å². The summed E-state index contributed by atoms with van der Waals surface area (Å²) in [5.74, 6) is 0.165. The number of hydrogen-bond donors (Lipinski definition) is 2. The lowest BCUT2D eigenvalue weighted by molar-refractivity contribution is 0.397. The van der Waals surface area contributed by atoms with Gasteiger partial charge in [0.1, 0.15) is 0 Å². The molecule has 0 radical (unpaired) electrons. The third-order valence-corrected chi connectivity index (χ3v) is 7.00. The molecule has 1 aromatic carbocycles. The quantitative estimate of drug-likeness (QED) is 0.315. The molecular weight excluding hydrogens is 320 g/mol. The molecule has 1 aromatic rings. The van der Waals surface area contributed by atoms with Crippen LogP contribution in [-0.2, 0) is 12.8 Å². The molecule has 2 aliphatic rings. The second-order valence-electron chi connectivity index (χ2n) is 9.81. The van der Waals surface area contributed by atoms with E-state index in [2.05, 4.69) is 13.8 Å². The fourth-order valence-electron chi connectivity index (χ4n) is 4.18. The Balaban J connectivity index is 1.42. The van der Waals surface area contributed by atoms with Gasteiger partial charge >= 0.3 is 0 Å². The lowest BCUT2D eigenvalue weighted by Crippen LogP contribution is -1.98. The summed E-state index contributed by atoms with van der Waals surface area (Å²) in [5, 5.41) is 20.2. The first-order valence-electron chi connectivity index (χ1n) is 10.9. The molecule has 0 atom stereocenters. The van der Waals surface area contributed by atoms with E-state index < -0.39 is 0 Å². The minimum atomic E-state index is 0.0379. The molecule has 0 spiro atoms. The van der Waals surface area contributed by atoms with Gasteiger partial charge < -0.3 is 10.2 Å². The van der Waals surface area contributed by atoms with Gasteiger partial charge in [-0.15, -0.1) is 0 Å². The molecule has 3 rings (SSSR count). The monoisotopic (exact) mass is 358 g/mol. The highest BCUT2D eigenvalue weighted by atomic mass is 16.3. The first-order valence-corrected chi connectivity index (χ1v) is 10.9. The van der Waals surface area contributed by atoms with Gasteiger partial charge in [-0.05, 0) is 86.7 Å². The number of benzene rings is 1. The van der Waals surface area contributed by atoms with E-state index >= 15 is 0 Å². The van der Waals surface area contributed by atoms with Crippen LogP contribution in [0.1, 0.15) is 102 Å². The summed E-state index contributed by atoms with van der Waals surface area (Å²) in [6.07, 6.45) is 17.7. The zero-order valence-corrected chi connectivity index (χ0v) is 16.9. The molecule has 0 aromatic heterocycles. The number of aryl methyl sites for hydroxylation is 1. The largest absolute Gasteiger partial charge is 0.504 e. The molecule has 2 saturated carbocycles. The molecule has 0 amide bonds. The van der Waals surface area contributed by atoms with Gasteiger partial charge in [0.25, 0.3) is 0 Å². The van der Waals surface area contributed by atoms with Crippen LogP contribution in [0.3, 0.4) is 0 Å². The maximum absolute atomic E-state index is 10.3. The van der Waals surface area contributed by atoms with Gasteiger partial charge in [0.05, 0.1) is 0 Å². The molecule has 0 unspecified atom stereocenters. The summed E-state index contributed by atoms with van der Waals surface area (Å²) in [4.78, 5) is 0. The SMILES string of the molecule is CC1(CCCCCc2ccc(O)c(O)c2CCCCCC2(C)CC2)CC1. The van der Waals surface area contributed by atoms with Crippen molar-refractivity contribution in [3.63, 3.8) is 0 Å². The fourth-order valence-corrected chi connectivity index (χ4v) is 4.18. The van der Waals surface area contributed by atoms with Crippen LogP contribution in [0.15, 0.2) is 12.1 Å². The zero-order valence-electron chi connectivity index (χ0n) is 16.9. The topological polar surface area (TPSA) is 40.5 Å². The van der Waals surface area contributed by atoms with E-state index in [0.29, 0.717) is 10.8 Å². The smallest absolute Gasteiger partial charge is 0.160 e. The average molecular weight is 359 g/mol. The van der Waals surface area contributed by atoms with Crippen molar-refractivity contribution in [3.05, 3.63) is 23.3 Å². The standard InChI is InChI=1S/C24H38O2/c1-23(15-16-23)13-7-3-5-9-19-11-12-21(25)22(26)20(19)10-6-4-8-14-24(2)17-18-24/h11-12,25-26H,3-10,13-18H2,1-2H3. The Bertz CT molecular complexity index is 596. The van der Waals surface area contributed by atoms with E-state index in [-0.39, 0.29) is 11.5 Å². The molecule has 0 aliphatic heterocycles. The number of hydrogen-bond acceptors (Lipinski definition) is 2. The Hall–Kier alpha value is -1.18. The first-order chi connectivity index (χ1) is 12.4. The van der Waals surface area contributed by atoms with Gasteiger partial charge in [-0.1, -0.05) is 45.6 Å². The minimum absolute atomic E-state index is 0.0379. The Morgan fingerprint density at radius 2 is 1.27 bits per heavy atom. The predicted octanol–water partition coefficient (Wildman–Crippen LogP) is 6.90. The van der Waals surface area contributed by atoms with Crippen LogP contribution in [0.4, 0.5) is 0 Å². The average Bonchev–Trinajstić information content (AvgIpc) is 3.52. The van der Waals surface area contributed by atoms with Crippen molar-refractivity contribution >= 4 is 0 Å². The number of rotatable bonds is 12. The van der Waals surface area contributed by atoms with Gasteiger partial charge in [-0.25, -0.2) is 0 Å². The van der Waals surface area contributed by atoms with E-state index in [4.69, 9.17) is 0 Å². The molecule has 2 aliphatic carbocycles. The van der Waals surface area contributed by atoms with Crippen molar-refractivity contribution in [2.24, 2.45) is 10.8 Å². The van der Waals surface area contributed by atoms with Gasteiger partial charge in [0.15, 0.2) is 11.5 Å². The van der Waals surface area contributed by atoms with Crippen LogP contribution in [0.25, 0.3) is 0 Å². The molecule has 2 N–H and O–H groups in total. The van der Waals surface area contributed by atoms with Gasteiger partial charge in [-0.2, -0.15) is 0 Å². The van der Waals surface area contributed by atoms with Gasteiger partial charge in [0.2, 0.25) is 0 Å². The lowest BCUT2D eigenvalue weighted by Gasteiger charge is -2.14. The van der Waals surface area contributed by atoms with Crippen LogP contribution >= 0.6 is 0 Å². The molecule has 146 valence electrons. The number of phenols is 2. The van der Waals surface area contributed by atoms with Crippen molar-refractivity contribution in [3.8, 4) is 11.5 Å². The Morgan fingerprint density at radius 3 is 1.81 bits per heavy atom. The van der Waals surface area contributed by atoms with Crippen molar-refractivity contribution < 1.29 is 10.2 Å². The molecule has 26 heavy (non-hydrogen) atoms. The van der Waals surface area contributed by atoms with Crippen molar-refractivity contribution in [1.82, 2.24) is 0 Å². The highest BCUT2D eigenvalue weighted by Crippen LogP contribution is 2.49. The Morgan fingerprint density at radius 1 is 0.731 bits per heavy atom. The van der Waals surface area contributed by atoms with E-state index in [1.165, 1.54) is 76.2 Å². The summed E-state index contributed by atoms with van der Waals surface area (Å²) in [5.41, 5.74) is 3.55. The van der Waals surface area contributed by atoms with E-state index in [9.17, 15) is 10.2 Å². The van der Waals surface area contributed by atoms with E-state index in [1.807, 2.05) is 6.07 Å². The Kier molecular flexibility index (Phi) is 6.20. The zero-order chi connectivity index (χ0) is 18.6. The highest BCUT2D eigenvalue weighted by Gasteiger charge is 2.36. The summed E-state index contributed by atoms with van der Waals surface area (Å²) < 4.78 is 0. The molecule has 0 heterocycles. The maximum Gasteiger partial charge on any atom is 0.160 e. The lowest BCUT2D eigenvalue weighted by atomic mass is 9.93. The van der Waals surface area contributed by atoms with Crippen molar-refractivity contribution in [2.45, 2.75) is 104 Å². The molecule has 2 nitrogen and oxygen atoms in total. The third kappa shape index (κ3) is 5.66. The second kappa shape index (κ2) is 8.23. The molecule has 2 heteroatoms. The molecule has 0 saturated heterocycles. The first kappa shape index (κ1) is 19.6. The number of phenolic OH excluding ortho intramolecular Hbond substituents is 2. The Labute approximate surface area is 160 Å². The highest BCUT2D eigenvalue weighted by molar-refractivity contribution is 5.49. The summed E-state index contributed by atoms with van der Waals surface area (Å²) in [7, 11) is 0. The maximum atomic E-state index is 10.3. The molecule has 2 fully saturated rings. The van der Waals surface area contributed by atoms with Crippen molar-refractivity contribution in [2.75, 3.05) is 0 Å². The molecule has 0 bridgehead atoms. The summed E-state index contributed by atoms with van der Waals surface area (Å²) in [6.45, 7) is 4.81. The second-order valence-corrected chi connectivity index (χ2v) is 9.81. The fraction of sp³-hybridized carbons (Fsp3) is 0.750. The molecular formula is C24H38O2. The number of unbranched alkanes of at least 4 members (excludes halogenated alkanes) is 4. The van der Waals surface area contributed by atoms with E-state index in [0.717, 1.165) is 24.8 Å². The van der Waals surface area contributed by atoms with Crippen LogP contribution in [0.2, 0.25) is 0 Å².